The first-order chi connectivity index (χ1) is 16.0. The fraction of sp³-hybridized carbons (Fsp3) is 0.148. The number of fused-ring (bicyclic) bond motifs is 1. The third-order valence-electron chi connectivity index (χ3n) is 5.24. The van der Waals surface area contributed by atoms with Gasteiger partial charge in [0.05, 0.1) is 12.9 Å². The van der Waals surface area contributed by atoms with Crippen LogP contribution in [0.1, 0.15) is 19.4 Å². The maximum atomic E-state index is 13.4. The van der Waals surface area contributed by atoms with Gasteiger partial charge >= 0.3 is 0 Å². The summed E-state index contributed by atoms with van der Waals surface area (Å²) in [4.78, 5) is 13.8. The number of hydrogen-bond acceptors (Lipinski definition) is 4. The molecule has 0 aliphatic carbocycles. The third kappa shape index (κ3) is 5.12. The van der Waals surface area contributed by atoms with Crippen LogP contribution in [0.15, 0.2) is 82.3 Å². The number of carbonyl (C=O) groups excluding carboxylic acids is 1. The lowest BCUT2D eigenvalue weighted by molar-refractivity contribution is -0.111. The number of thioether (sulfide) groups is 1. The van der Waals surface area contributed by atoms with Gasteiger partial charge in [-0.25, -0.2) is 4.39 Å². The van der Waals surface area contributed by atoms with Crippen LogP contribution < -0.4 is 10.1 Å². The Morgan fingerprint density at radius 1 is 1.15 bits per heavy atom. The van der Waals surface area contributed by atoms with Crippen LogP contribution in [0.4, 0.5) is 10.1 Å². The van der Waals surface area contributed by atoms with Crippen molar-refractivity contribution >= 4 is 39.9 Å². The van der Waals surface area contributed by atoms with Gasteiger partial charge in [-0.2, -0.15) is 0 Å². The van der Waals surface area contributed by atoms with Crippen molar-refractivity contribution in [2.45, 2.75) is 18.7 Å². The van der Waals surface area contributed by atoms with Crippen LogP contribution in [0.25, 0.3) is 27.7 Å². The van der Waals surface area contributed by atoms with Crippen LogP contribution in [-0.2, 0) is 4.79 Å². The number of halogens is 1. The van der Waals surface area contributed by atoms with Crippen LogP contribution in [-0.4, -0.2) is 18.8 Å². The van der Waals surface area contributed by atoms with Crippen LogP contribution in [0.3, 0.4) is 0 Å². The molecule has 1 heterocycles. The topological polar surface area (TPSA) is 51.5 Å². The average Bonchev–Trinajstić information content (AvgIpc) is 3.22. The minimum absolute atomic E-state index is 0.223. The lowest BCUT2D eigenvalue weighted by atomic mass is 9.99. The number of benzene rings is 3. The number of ether oxygens (including phenoxy) is 1. The van der Waals surface area contributed by atoms with Crippen LogP contribution in [0.2, 0.25) is 0 Å². The number of furan rings is 1. The van der Waals surface area contributed by atoms with E-state index in [4.69, 9.17) is 9.15 Å². The molecule has 33 heavy (non-hydrogen) atoms. The molecule has 1 aromatic heterocycles. The molecular weight excluding hydrogens is 437 g/mol. The zero-order valence-corrected chi connectivity index (χ0v) is 19.5. The normalized spacial score (nSPS) is 11.6. The molecule has 0 spiro atoms. The fourth-order valence-corrected chi connectivity index (χ4v) is 4.10. The molecule has 6 heteroatoms. The molecule has 3 aromatic carbocycles. The molecule has 0 aliphatic heterocycles. The maximum absolute atomic E-state index is 13.4. The highest BCUT2D eigenvalue weighted by molar-refractivity contribution is 7.98. The predicted molar refractivity (Wildman–Crippen MR) is 133 cm³/mol. The Bertz CT molecular complexity index is 1330. The van der Waals surface area contributed by atoms with E-state index in [1.165, 1.54) is 12.1 Å². The van der Waals surface area contributed by atoms with Gasteiger partial charge in [0.15, 0.2) is 0 Å². The Hall–Kier alpha value is -3.51. The maximum Gasteiger partial charge on any atom is 0.248 e. The van der Waals surface area contributed by atoms with Crippen molar-refractivity contribution in [2.75, 3.05) is 18.2 Å². The molecule has 0 radical (unpaired) electrons. The molecule has 0 unspecified atom stereocenters. The number of amides is 1. The number of anilines is 1. The number of rotatable bonds is 7. The highest BCUT2D eigenvalue weighted by atomic mass is 32.2. The standard InChI is InChI=1S/C27H24FNO3S/c1-4-31-25-15-26-23(24(16-32-26)18-8-10-19(28)11-9-18)14-22(25)17(2)12-27(30)29-20-6-5-7-21(13-20)33-3/h5-16H,4H2,1-3H3,(H,29,30)/b17-12+. The van der Waals surface area contributed by atoms with Gasteiger partial charge in [0, 0.05) is 39.2 Å². The van der Waals surface area contributed by atoms with Crippen molar-refractivity contribution in [2.24, 2.45) is 0 Å². The van der Waals surface area contributed by atoms with E-state index in [1.54, 1.807) is 36.2 Å². The summed E-state index contributed by atoms with van der Waals surface area (Å²) in [5, 5.41) is 3.78. The summed E-state index contributed by atoms with van der Waals surface area (Å²) >= 11 is 1.62. The lowest BCUT2D eigenvalue weighted by Gasteiger charge is -2.12. The van der Waals surface area contributed by atoms with Crippen molar-refractivity contribution < 1.29 is 18.3 Å². The zero-order chi connectivity index (χ0) is 23.4. The molecule has 0 saturated carbocycles. The van der Waals surface area contributed by atoms with Gasteiger partial charge in [-0.3, -0.25) is 4.79 Å². The van der Waals surface area contributed by atoms with Gasteiger partial charge in [0.1, 0.15) is 17.1 Å². The summed E-state index contributed by atoms with van der Waals surface area (Å²) in [5.74, 6) is 0.119. The molecule has 4 rings (SSSR count). The van der Waals surface area contributed by atoms with Crippen molar-refractivity contribution in [3.05, 3.63) is 84.4 Å². The molecular formula is C27H24FNO3S. The summed E-state index contributed by atoms with van der Waals surface area (Å²) in [6, 6.07) is 17.8. The van der Waals surface area contributed by atoms with Crippen molar-refractivity contribution in [1.29, 1.82) is 0 Å². The number of carbonyl (C=O) groups is 1. The molecule has 0 fully saturated rings. The van der Waals surface area contributed by atoms with Crippen LogP contribution >= 0.6 is 11.8 Å². The Morgan fingerprint density at radius 2 is 1.94 bits per heavy atom. The van der Waals surface area contributed by atoms with E-state index in [9.17, 15) is 9.18 Å². The second kappa shape index (κ2) is 9.96. The quantitative estimate of drug-likeness (QED) is 0.230. The van der Waals surface area contributed by atoms with Gasteiger partial charge in [-0.15, -0.1) is 11.8 Å². The smallest absolute Gasteiger partial charge is 0.248 e. The Kier molecular flexibility index (Phi) is 6.84. The molecule has 4 nitrogen and oxygen atoms in total. The third-order valence-corrected chi connectivity index (χ3v) is 5.97. The summed E-state index contributed by atoms with van der Waals surface area (Å²) < 4.78 is 25.0. The number of allylic oxidation sites excluding steroid dienone is 1. The second-order valence-corrected chi connectivity index (χ2v) is 8.36. The minimum atomic E-state index is -0.293. The van der Waals surface area contributed by atoms with E-state index < -0.39 is 0 Å². The highest BCUT2D eigenvalue weighted by Gasteiger charge is 2.15. The van der Waals surface area contributed by atoms with E-state index in [1.807, 2.05) is 56.5 Å². The van der Waals surface area contributed by atoms with Gasteiger partial charge < -0.3 is 14.5 Å². The lowest BCUT2D eigenvalue weighted by Crippen LogP contribution is -2.08. The van der Waals surface area contributed by atoms with E-state index in [0.717, 1.165) is 38.2 Å². The molecule has 168 valence electrons. The van der Waals surface area contributed by atoms with Crippen molar-refractivity contribution in [1.82, 2.24) is 0 Å². The number of nitrogens with one attached hydrogen (secondary N) is 1. The Labute approximate surface area is 196 Å². The van der Waals surface area contributed by atoms with Gasteiger partial charge in [-0.1, -0.05) is 18.2 Å². The van der Waals surface area contributed by atoms with E-state index in [2.05, 4.69) is 5.32 Å². The molecule has 1 N–H and O–H groups in total. The zero-order valence-electron chi connectivity index (χ0n) is 18.6. The summed E-state index contributed by atoms with van der Waals surface area (Å²) in [5.41, 5.74) is 4.64. The first-order valence-corrected chi connectivity index (χ1v) is 11.8. The predicted octanol–water partition coefficient (Wildman–Crippen LogP) is 7.40. The summed E-state index contributed by atoms with van der Waals surface area (Å²) in [6.07, 6.45) is 5.21. The molecule has 0 saturated heterocycles. The molecule has 0 atom stereocenters. The van der Waals surface area contributed by atoms with Gasteiger partial charge in [0.2, 0.25) is 5.91 Å². The summed E-state index contributed by atoms with van der Waals surface area (Å²) in [7, 11) is 0. The summed E-state index contributed by atoms with van der Waals surface area (Å²) in [6.45, 7) is 4.26. The monoisotopic (exact) mass is 461 g/mol. The van der Waals surface area contributed by atoms with Crippen molar-refractivity contribution in [3.63, 3.8) is 0 Å². The minimum Gasteiger partial charge on any atom is -0.493 e. The first kappa shape index (κ1) is 22.7. The average molecular weight is 462 g/mol. The fourth-order valence-electron chi connectivity index (χ4n) is 3.64. The van der Waals surface area contributed by atoms with E-state index in [-0.39, 0.29) is 11.7 Å². The second-order valence-electron chi connectivity index (χ2n) is 7.48. The SMILES string of the molecule is CCOc1cc2occ(-c3ccc(F)cc3)c2cc1/C(C)=C/C(=O)Nc1cccc(SC)c1. The molecule has 0 aliphatic rings. The first-order valence-electron chi connectivity index (χ1n) is 10.6. The van der Waals surface area contributed by atoms with Crippen LogP contribution in [0.5, 0.6) is 5.75 Å². The van der Waals surface area contributed by atoms with E-state index in [0.29, 0.717) is 17.9 Å². The van der Waals surface area contributed by atoms with E-state index >= 15 is 0 Å². The largest absolute Gasteiger partial charge is 0.493 e. The van der Waals surface area contributed by atoms with Gasteiger partial charge in [-0.05, 0) is 67.6 Å². The Balaban J connectivity index is 1.70. The Morgan fingerprint density at radius 3 is 2.67 bits per heavy atom. The molecule has 0 bridgehead atoms. The van der Waals surface area contributed by atoms with Crippen LogP contribution in [0, 0.1) is 5.82 Å². The molecule has 4 aromatic rings. The molecule has 1 amide bonds. The highest BCUT2D eigenvalue weighted by Crippen LogP contribution is 2.37. The van der Waals surface area contributed by atoms with Gasteiger partial charge in [0.25, 0.3) is 0 Å². The number of hydrogen-bond donors (Lipinski definition) is 1. The van der Waals surface area contributed by atoms with Crippen molar-refractivity contribution in [3.8, 4) is 16.9 Å².